The number of ether oxygens (including phenoxy) is 9. The number of aliphatic hydroxyl groups excluding tert-OH is 12. The highest BCUT2D eigenvalue weighted by Crippen LogP contribution is 2.36. The number of hydrogen-bond donors (Lipinski definition) is 17. The summed E-state index contributed by atoms with van der Waals surface area (Å²) in [7, 11) is -16.3. The molecule has 40 heteroatoms. The van der Waals surface area contributed by atoms with Crippen molar-refractivity contribution >= 4 is 43.0 Å². The van der Waals surface area contributed by atoms with E-state index in [1.165, 1.54) is 0 Å². The fourth-order valence-electron chi connectivity index (χ4n) is 8.25. The van der Waals surface area contributed by atoms with Crippen LogP contribution in [-0.2, 0) is 96.0 Å². The van der Waals surface area contributed by atoms with Crippen LogP contribution in [-0.4, -0.2) is 298 Å². The van der Waals surface area contributed by atoms with Crippen LogP contribution in [0.2, 0.25) is 0 Å². The first-order valence-corrected chi connectivity index (χ1v) is 25.7. The highest BCUT2D eigenvalue weighted by molar-refractivity contribution is 7.81. The van der Waals surface area contributed by atoms with Gasteiger partial charge in [0.05, 0.1) is 33.0 Å². The molecule has 1 unspecified atom stereocenters. The summed E-state index contributed by atoms with van der Waals surface area (Å²) < 4.78 is 162. The van der Waals surface area contributed by atoms with Crippen LogP contribution in [0.1, 0.15) is 13.8 Å². The zero-order chi connectivity index (χ0) is 55.5. The third kappa shape index (κ3) is 15.9. The van der Waals surface area contributed by atoms with E-state index in [0.29, 0.717) is 0 Å². The van der Waals surface area contributed by atoms with E-state index in [0.717, 1.165) is 13.8 Å². The predicted octanol–water partition coefficient (Wildman–Crippen LogP) is -12.2. The zero-order valence-corrected chi connectivity index (χ0v) is 40.5. The van der Waals surface area contributed by atoms with Crippen molar-refractivity contribution in [3.8, 4) is 0 Å². The van der Waals surface area contributed by atoms with E-state index in [2.05, 4.69) is 23.2 Å². The molecule has 0 saturated carbocycles. The van der Waals surface area contributed by atoms with Crippen molar-refractivity contribution in [3.05, 3.63) is 0 Å². The largest absolute Gasteiger partial charge is 0.397 e. The number of amides is 2. The lowest BCUT2D eigenvalue weighted by Gasteiger charge is -2.50. The summed E-state index contributed by atoms with van der Waals surface area (Å²) in [5.41, 5.74) is 0. The molecule has 37 nitrogen and oxygen atoms in total. The number of rotatable bonds is 21. The Hall–Kier alpha value is -2.29. The molecule has 5 aliphatic rings. The number of nitrogens with one attached hydrogen (secondary N) is 2. The van der Waals surface area contributed by atoms with Gasteiger partial charge in [-0.05, 0) is 0 Å². The monoisotopic (exact) mass is 1150 g/mol. The molecule has 0 radical (unpaired) electrons. The number of aliphatic hydroxyl groups is 12. The lowest BCUT2D eigenvalue weighted by molar-refractivity contribution is -0.381. The van der Waals surface area contributed by atoms with Crippen LogP contribution in [0.5, 0.6) is 0 Å². The average molecular weight is 1150 g/mol. The van der Waals surface area contributed by atoms with E-state index < -0.39 is 229 Å². The Labute approximate surface area is 418 Å². The van der Waals surface area contributed by atoms with Crippen molar-refractivity contribution in [1.29, 1.82) is 0 Å². The molecule has 5 rings (SSSR count). The Kier molecular flexibility index (Phi) is 21.7. The molecule has 0 aromatic heterocycles. The van der Waals surface area contributed by atoms with Crippen LogP contribution in [0.25, 0.3) is 0 Å². The van der Waals surface area contributed by atoms with Crippen molar-refractivity contribution in [2.45, 2.75) is 167 Å². The molecule has 0 aliphatic carbocycles. The van der Waals surface area contributed by atoms with Crippen LogP contribution in [0.15, 0.2) is 0 Å². The van der Waals surface area contributed by atoms with Crippen LogP contribution >= 0.6 is 0 Å². The minimum Gasteiger partial charge on any atom is -0.394 e. The van der Waals surface area contributed by atoms with E-state index in [4.69, 9.17) is 42.6 Å². The van der Waals surface area contributed by atoms with Gasteiger partial charge in [0, 0.05) is 13.8 Å². The molecular formula is C34H58N2O35S3. The van der Waals surface area contributed by atoms with E-state index >= 15 is 0 Å². The molecule has 5 heterocycles. The number of carbonyl (C=O) groups excluding carboxylic acids is 2. The van der Waals surface area contributed by atoms with Gasteiger partial charge in [-0.25, -0.2) is 12.5 Å². The van der Waals surface area contributed by atoms with Gasteiger partial charge in [0.25, 0.3) is 0 Å². The summed E-state index contributed by atoms with van der Waals surface area (Å²) in [5, 5.41) is 134. The third-order valence-electron chi connectivity index (χ3n) is 11.7. The molecule has 432 valence electrons. The fraction of sp³-hybridized carbons (Fsp3) is 0.941. The van der Waals surface area contributed by atoms with Crippen LogP contribution < -0.4 is 10.6 Å². The second-order valence-corrected chi connectivity index (χ2v) is 20.3. The fourth-order valence-corrected chi connectivity index (χ4v) is 9.17. The molecule has 5 fully saturated rings. The Bertz CT molecular complexity index is 2200. The summed E-state index contributed by atoms with van der Waals surface area (Å²) in [6.45, 7) is -4.42. The Morgan fingerprint density at radius 1 is 0.405 bits per heavy atom. The van der Waals surface area contributed by atoms with Gasteiger partial charge in [-0.1, -0.05) is 0 Å². The molecule has 5 saturated heterocycles. The second-order valence-electron chi connectivity index (χ2n) is 17.0. The maximum Gasteiger partial charge on any atom is 0.397 e. The molecule has 0 aromatic carbocycles. The molecule has 0 bridgehead atoms. The van der Waals surface area contributed by atoms with E-state index in [-0.39, 0.29) is 0 Å². The first-order valence-electron chi connectivity index (χ1n) is 21.6. The lowest BCUT2D eigenvalue weighted by Crippen LogP contribution is -2.70. The molecule has 0 aromatic rings. The molecule has 17 N–H and O–H groups in total. The molecule has 0 spiro atoms. The topological polar surface area (TPSA) is 575 Å². The highest BCUT2D eigenvalue weighted by atomic mass is 32.3. The summed E-state index contributed by atoms with van der Waals surface area (Å²) in [5.74, 6) is -2.01. The van der Waals surface area contributed by atoms with Gasteiger partial charge in [-0.15, -0.1) is 0 Å². The molecular weight excluding hydrogens is 1090 g/mol. The van der Waals surface area contributed by atoms with Crippen LogP contribution in [0, 0.1) is 0 Å². The Morgan fingerprint density at radius 3 is 1.15 bits per heavy atom. The second kappa shape index (κ2) is 25.7. The van der Waals surface area contributed by atoms with Crippen molar-refractivity contribution in [2.24, 2.45) is 0 Å². The summed E-state index contributed by atoms with van der Waals surface area (Å²) >= 11 is 0. The lowest BCUT2D eigenvalue weighted by atomic mass is 9.94. The quantitative estimate of drug-likeness (QED) is 0.0475. The van der Waals surface area contributed by atoms with E-state index in [1.807, 2.05) is 0 Å². The van der Waals surface area contributed by atoms with Gasteiger partial charge in [0.15, 0.2) is 31.5 Å². The molecule has 74 heavy (non-hydrogen) atoms. The SMILES string of the molecule is CC(=O)N[C@H]1[C@H](O[C@H]2[C@@H](O)[C@@H](COS(=O)(=O)O)O[C@@H](O[C@H]3[C@H](O)[C@@H](NC(C)=O)[C@H](O[C@H]4[C@@H](O)[C@@H](CO)OC(O)[C@@H]4O)O[C@@H]3COS(=O)(=O)O)[C@@H]2O)O[C@H](COS(=O)(=O)O)[C@@H](O[C@@H]2O[C@H](CO)[C@H](O)[C@H](O)[C@H]2O)[C@@H]1O. The molecule has 2 amide bonds. The first-order chi connectivity index (χ1) is 34.2. The average Bonchev–Trinajstić information content (AvgIpc) is 3.29. The van der Waals surface area contributed by atoms with Gasteiger partial charge < -0.3 is 115 Å². The van der Waals surface area contributed by atoms with Crippen molar-refractivity contribution < 1.29 is 165 Å². The number of carbonyl (C=O) groups is 2. The standard InChI is InChI=1S/C34H58N2O35S3/c1-8(39)35-15-21(45)27(14(7-62-74(57,58)59)66-31(15)70-28-18(42)11(4-38)63-30(50)24(28)48)69-34-25(49)29(19(43)12(65-34)5-60-72(51,52)53)71-32-16(36-9(2)40)20(44)26(13(67-32)6-61-73(54,55)56)68-33-23(47)22(46)17(41)10(3-37)64-33/h10-34,37-38,41-50H,3-7H2,1-2H3,(H,35,39)(H,36,40)(H,51,52,53)(H,54,55,56)(H,57,58,59)/t10-,11-,12-,13-,14-,15-,16-,17+,18+,19+,20-,21-,22+,23-,24-,25-,26-,27-,28+,29+,30?,31+,32+,33+,34+/m1/s1. The Morgan fingerprint density at radius 2 is 0.743 bits per heavy atom. The third-order valence-corrected chi connectivity index (χ3v) is 13.0. The van der Waals surface area contributed by atoms with Crippen LogP contribution in [0.4, 0.5) is 0 Å². The van der Waals surface area contributed by atoms with Gasteiger partial charge in [0.1, 0.15) is 122 Å². The minimum absolute atomic E-state index is 0.863. The van der Waals surface area contributed by atoms with Gasteiger partial charge >= 0.3 is 31.2 Å². The zero-order valence-electron chi connectivity index (χ0n) is 38.1. The molecule has 5 aliphatic heterocycles. The highest BCUT2D eigenvalue weighted by Gasteiger charge is 2.58. The van der Waals surface area contributed by atoms with Crippen molar-refractivity contribution in [2.75, 3.05) is 33.0 Å². The van der Waals surface area contributed by atoms with Crippen molar-refractivity contribution in [1.82, 2.24) is 10.6 Å². The molecule has 25 atom stereocenters. The maximum atomic E-state index is 12.6. The summed E-state index contributed by atoms with van der Waals surface area (Å²) in [6.07, 6.45) is -49.9. The maximum absolute atomic E-state index is 12.6. The van der Waals surface area contributed by atoms with Crippen LogP contribution in [0.3, 0.4) is 0 Å². The number of hydrogen-bond acceptors (Lipinski definition) is 32. The van der Waals surface area contributed by atoms with Gasteiger partial charge in [-0.3, -0.25) is 23.2 Å². The Balaban J connectivity index is 1.52. The summed E-state index contributed by atoms with van der Waals surface area (Å²) in [6, 6.07) is -4.04. The van der Waals surface area contributed by atoms with E-state index in [1.54, 1.807) is 0 Å². The minimum atomic E-state index is -5.44. The smallest absolute Gasteiger partial charge is 0.394 e. The van der Waals surface area contributed by atoms with Crippen molar-refractivity contribution in [3.63, 3.8) is 0 Å². The predicted molar refractivity (Wildman–Crippen MR) is 221 cm³/mol. The summed E-state index contributed by atoms with van der Waals surface area (Å²) in [4.78, 5) is 25.1. The van der Waals surface area contributed by atoms with E-state index in [9.17, 15) is 110 Å². The van der Waals surface area contributed by atoms with Gasteiger partial charge in [0.2, 0.25) is 11.8 Å². The van der Waals surface area contributed by atoms with Gasteiger partial charge in [-0.2, -0.15) is 25.3 Å². The first kappa shape index (κ1) is 62.6. The normalized spacial score (nSPS) is 43.6.